The summed E-state index contributed by atoms with van der Waals surface area (Å²) in [5.41, 5.74) is 2.59. The molecule has 2 heteroatoms. The van der Waals surface area contributed by atoms with Gasteiger partial charge < -0.3 is 5.11 Å². The van der Waals surface area contributed by atoms with Gasteiger partial charge in [-0.1, -0.05) is 23.8 Å². The second-order valence-corrected chi connectivity index (χ2v) is 3.57. The van der Waals surface area contributed by atoms with Crippen LogP contribution in [0.25, 0.3) is 0 Å². The number of aryl methyl sites for hydroxylation is 1. The van der Waals surface area contributed by atoms with Crippen molar-refractivity contribution in [3.05, 3.63) is 34.9 Å². The van der Waals surface area contributed by atoms with Gasteiger partial charge >= 0.3 is 0 Å². The number of benzene rings is 1. The molecule has 0 amide bonds. The molecule has 0 heterocycles. The molecule has 2 rings (SSSR count). The summed E-state index contributed by atoms with van der Waals surface area (Å²) >= 11 is 0. The van der Waals surface area contributed by atoms with Crippen LogP contribution in [0.4, 0.5) is 0 Å². The highest BCUT2D eigenvalue weighted by Gasteiger charge is 2.23. The minimum absolute atomic E-state index is 0.153. The first kappa shape index (κ1) is 8.45. The van der Waals surface area contributed by atoms with Gasteiger partial charge in [0.2, 0.25) is 0 Å². The number of carbonyl (C=O) groups excluding carboxylic acids is 1. The molecule has 0 saturated carbocycles. The van der Waals surface area contributed by atoms with Crippen LogP contribution in [-0.2, 0) is 0 Å². The molecule has 1 atom stereocenters. The van der Waals surface area contributed by atoms with E-state index < -0.39 is 6.10 Å². The van der Waals surface area contributed by atoms with Gasteiger partial charge in [-0.2, -0.15) is 0 Å². The highest BCUT2D eigenvalue weighted by molar-refractivity contribution is 5.98. The average Bonchev–Trinajstić information content (AvgIpc) is 2.12. The number of rotatable bonds is 0. The van der Waals surface area contributed by atoms with Gasteiger partial charge in [0, 0.05) is 12.0 Å². The van der Waals surface area contributed by atoms with Crippen LogP contribution in [0.3, 0.4) is 0 Å². The van der Waals surface area contributed by atoms with Crippen LogP contribution in [0.15, 0.2) is 18.2 Å². The topological polar surface area (TPSA) is 37.3 Å². The molecule has 0 spiro atoms. The van der Waals surface area contributed by atoms with E-state index in [9.17, 15) is 9.90 Å². The van der Waals surface area contributed by atoms with Crippen molar-refractivity contribution < 1.29 is 9.90 Å². The smallest absolute Gasteiger partial charge is 0.163 e. The summed E-state index contributed by atoms with van der Waals surface area (Å²) in [5.74, 6) is 0.153. The van der Waals surface area contributed by atoms with Crippen LogP contribution in [0.2, 0.25) is 0 Å². The summed E-state index contributed by atoms with van der Waals surface area (Å²) in [6, 6.07) is 5.63. The van der Waals surface area contributed by atoms with Crippen LogP contribution in [0.5, 0.6) is 0 Å². The Bertz CT molecular complexity index is 355. The van der Waals surface area contributed by atoms with Crippen LogP contribution >= 0.6 is 0 Å². The third-order valence-corrected chi connectivity index (χ3v) is 2.51. The van der Waals surface area contributed by atoms with Crippen molar-refractivity contribution in [1.29, 1.82) is 0 Å². The van der Waals surface area contributed by atoms with Crippen LogP contribution in [0, 0.1) is 6.92 Å². The summed E-state index contributed by atoms with van der Waals surface area (Å²) in [4.78, 5) is 11.4. The number of hydrogen-bond acceptors (Lipinski definition) is 2. The quantitative estimate of drug-likeness (QED) is 0.656. The minimum Gasteiger partial charge on any atom is -0.388 e. The van der Waals surface area contributed by atoms with Crippen LogP contribution in [-0.4, -0.2) is 10.9 Å². The Kier molecular flexibility index (Phi) is 1.93. The molecule has 1 N–H and O–H groups in total. The van der Waals surface area contributed by atoms with E-state index in [0.717, 1.165) is 11.1 Å². The first-order valence-electron chi connectivity index (χ1n) is 4.50. The summed E-state index contributed by atoms with van der Waals surface area (Å²) in [5, 5.41) is 9.65. The van der Waals surface area contributed by atoms with Gasteiger partial charge in [0.25, 0.3) is 0 Å². The largest absolute Gasteiger partial charge is 0.388 e. The number of fused-ring (bicyclic) bond motifs is 1. The molecular weight excluding hydrogens is 164 g/mol. The number of aliphatic hydroxyl groups is 1. The Morgan fingerprint density at radius 3 is 3.00 bits per heavy atom. The first-order valence-corrected chi connectivity index (χ1v) is 4.50. The molecule has 0 unspecified atom stereocenters. The number of ketones is 1. The summed E-state index contributed by atoms with van der Waals surface area (Å²) in [6.07, 6.45) is 0.583. The van der Waals surface area contributed by atoms with Gasteiger partial charge in [-0.15, -0.1) is 0 Å². The molecule has 1 aromatic carbocycles. The van der Waals surface area contributed by atoms with E-state index in [0.29, 0.717) is 18.4 Å². The Labute approximate surface area is 77.2 Å². The zero-order valence-electron chi connectivity index (χ0n) is 7.58. The average molecular weight is 176 g/mol. The number of carbonyl (C=O) groups is 1. The van der Waals surface area contributed by atoms with Crippen LogP contribution < -0.4 is 0 Å². The van der Waals surface area contributed by atoms with Gasteiger partial charge in [0.15, 0.2) is 5.78 Å². The molecule has 1 aliphatic carbocycles. The normalized spacial score (nSPS) is 21.4. The summed E-state index contributed by atoms with van der Waals surface area (Å²) in [6.45, 7) is 1.96. The van der Waals surface area contributed by atoms with Crippen molar-refractivity contribution in [3.63, 3.8) is 0 Å². The fraction of sp³-hybridized carbons (Fsp3) is 0.364. The van der Waals surface area contributed by atoms with Crippen molar-refractivity contribution in [3.8, 4) is 0 Å². The van der Waals surface area contributed by atoms with Crippen LogP contribution in [0.1, 0.15) is 40.4 Å². The molecule has 0 aliphatic heterocycles. The SMILES string of the molecule is Cc1ccc2c(c1)[C@@H](O)CCC2=O. The third-order valence-electron chi connectivity index (χ3n) is 2.51. The molecule has 1 aliphatic rings. The molecule has 0 radical (unpaired) electrons. The van der Waals surface area contributed by atoms with Crippen molar-refractivity contribution in [1.82, 2.24) is 0 Å². The molecular formula is C11H12O2. The highest BCUT2D eigenvalue weighted by Crippen LogP contribution is 2.29. The zero-order valence-corrected chi connectivity index (χ0v) is 7.58. The monoisotopic (exact) mass is 176 g/mol. The lowest BCUT2D eigenvalue weighted by atomic mass is 9.87. The van der Waals surface area contributed by atoms with E-state index in [4.69, 9.17) is 0 Å². The predicted octanol–water partition coefficient (Wildman–Crippen LogP) is 2.00. The van der Waals surface area contributed by atoms with Gasteiger partial charge in [-0.3, -0.25) is 4.79 Å². The fourth-order valence-corrected chi connectivity index (χ4v) is 1.77. The standard InChI is InChI=1S/C11H12O2/c1-7-2-3-8-9(6-7)11(13)5-4-10(8)12/h2-3,6,11,13H,4-5H2,1H3/t11-/m0/s1. The second kappa shape index (κ2) is 2.96. The van der Waals surface area contributed by atoms with Gasteiger partial charge in [0.1, 0.15) is 0 Å². The molecule has 13 heavy (non-hydrogen) atoms. The molecule has 0 bridgehead atoms. The molecule has 1 aromatic rings. The Morgan fingerprint density at radius 1 is 1.46 bits per heavy atom. The Balaban J connectivity index is 2.57. The van der Waals surface area contributed by atoms with Crippen molar-refractivity contribution in [2.24, 2.45) is 0 Å². The fourth-order valence-electron chi connectivity index (χ4n) is 1.77. The Morgan fingerprint density at radius 2 is 2.23 bits per heavy atom. The maximum Gasteiger partial charge on any atom is 0.163 e. The van der Waals surface area contributed by atoms with Gasteiger partial charge in [-0.05, 0) is 18.9 Å². The number of aliphatic hydroxyl groups excluding tert-OH is 1. The predicted molar refractivity (Wildman–Crippen MR) is 49.7 cm³/mol. The van der Waals surface area contributed by atoms with E-state index in [1.807, 2.05) is 25.1 Å². The second-order valence-electron chi connectivity index (χ2n) is 3.57. The zero-order chi connectivity index (χ0) is 9.42. The molecule has 0 aromatic heterocycles. The Hall–Kier alpha value is -1.15. The minimum atomic E-state index is -0.451. The maximum absolute atomic E-state index is 11.4. The summed E-state index contributed by atoms with van der Waals surface area (Å²) < 4.78 is 0. The number of Topliss-reactive ketones (excluding diaryl/α,β-unsaturated/α-hetero) is 1. The first-order chi connectivity index (χ1) is 6.18. The lowest BCUT2D eigenvalue weighted by Crippen LogP contribution is -2.15. The van der Waals surface area contributed by atoms with Gasteiger partial charge in [-0.25, -0.2) is 0 Å². The van der Waals surface area contributed by atoms with Gasteiger partial charge in [0.05, 0.1) is 6.10 Å². The molecule has 0 fully saturated rings. The molecule has 68 valence electrons. The molecule has 0 saturated heterocycles. The third kappa shape index (κ3) is 1.38. The van der Waals surface area contributed by atoms with Crippen molar-refractivity contribution in [2.45, 2.75) is 25.9 Å². The van der Waals surface area contributed by atoms with E-state index in [2.05, 4.69) is 0 Å². The van der Waals surface area contributed by atoms with Crippen molar-refractivity contribution >= 4 is 5.78 Å². The van der Waals surface area contributed by atoms with E-state index in [1.54, 1.807) is 0 Å². The van der Waals surface area contributed by atoms with Crippen molar-refractivity contribution in [2.75, 3.05) is 0 Å². The maximum atomic E-state index is 11.4. The number of hydrogen-bond donors (Lipinski definition) is 1. The highest BCUT2D eigenvalue weighted by atomic mass is 16.3. The lowest BCUT2D eigenvalue weighted by Gasteiger charge is -2.20. The van der Waals surface area contributed by atoms with E-state index >= 15 is 0 Å². The lowest BCUT2D eigenvalue weighted by molar-refractivity contribution is 0.0897. The van der Waals surface area contributed by atoms with E-state index in [-0.39, 0.29) is 5.78 Å². The summed E-state index contributed by atoms with van der Waals surface area (Å²) in [7, 11) is 0. The van der Waals surface area contributed by atoms with E-state index in [1.165, 1.54) is 0 Å². The molecule has 2 nitrogen and oxygen atoms in total.